The summed E-state index contributed by atoms with van der Waals surface area (Å²) in [6.07, 6.45) is 0.463. The number of carbonyl (C=O) groups excluding carboxylic acids is 1. The van der Waals surface area contributed by atoms with E-state index in [0.29, 0.717) is 6.42 Å². The normalized spacial score (nSPS) is 10.6. The van der Waals surface area contributed by atoms with Crippen LogP contribution in [0.25, 0.3) is 27.1 Å². The van der Waals surface area contributed by atoms with Crippen LogP contribution >= 0.6 is 0 Å². The van der Waals surface area contributed by atoms with E-state index < -0.39 is 0 Å². The number of ketones is 1. The fraction of sp³-hybridized carbons (Fsp3) is 0.308. The van der Waals surface area contributed by atoms with Crippen LogP contribution in [0.3, 0.4) is 0 Å². The molecular weight excluding hydrogens is 342 g/mol. The Morgan fingerprint density at radius 2 is 1.18 bits per heavy atom. The molecule has 0 unspecified atom stereocenters. The molecule has 148 valence electrons. The second kappa shape index (κ2) is 13.3. The first-order valence-corrected chi connectivity index (χ1v) is 10.1. The SMILES string of the molecule is C=C1CC(=O)c2cc3cc4ccccc4cc3cc21.CC.CC.CC.CC#N. The Balaban J connectivity index is 0.000000713. The lowest BCUT2D eigenvalue weighted by molar-refractivity contribution is 0.100. The lowest BCUT2D eigenvalue weighted by atomic mass is 9.98. The van der Waals surface area contributed by atoms with E-state index in [1.807, 2.05) is 59.7 Å². The predicted octanol–water partition coefficient (Wildman–Crippen LogP) is 8.20. The average Bonchev–Trinajstić information content (AvgIpc) is 3.02. The Kier molecular flexibility index (Phi) is 11.9. The number of Topliss-reactive ketones (excluding diaryl/α,β-unsaturated/α-hetero) is 1. The van der Waals surface area contributed by atoms with Crippen LogP contribution in [-0.4, -0.2) is 5.78 Å². The molecule has 0 aliphatic heterocycles. The molecule has 4 rings (SSSR count). The third-order valence-corrected chi connectivity index (χ3v) is 3.90. The van der Waals surface area contributed by atoms with Crippen LogP contribution in [0, 0.1) is 11.3 Å². The van der Waals surface area contributed by atoms with Crippen LogP contribution in [0.15, 0.2) is 55.1 Å². The molecule has 0 amide bonds. The first kappa shape index (κ1) is 25.1. The summed E-state index contributed by atoms with van der Waals surface area (Å²) in [6, 6.07) is 18.5. The van der Waals surface area contributed by atoms with Crippen molar-refractivity contribution in [3.05, 3.63) is 66.2 Å². The summed E-state index contributed by atoms with van der Waals surface area (Å²) in [7, 11) is 0. The largest absolute Gasteiger partial charge is 0.294 e. The molecule has 0 atom stereocenters. The number of nitrogens with zero attached hydrogens (tertiary/aromatic N) is 1. The van der Waals surface area contributed by atoms with Crippen molar-refractivity contribution in [3.8, 4) is 6.07 Å². The van der Waals surface area contributed by atoms with Gasteiger partial charge in [0.05, 0.1) is 6.07 Å². The van der Waals surface area contributed by atoms with Crippen LogP contribution < -0.4 is 0 Å². The van der Waals surface area contributed by atoms with E-state index >= 15 is 0 Å². The Morgan fingerprint density at radius 3 is 1.61 bits per heavy atom. The fourth-order valence-corrected chi connectivity index (χ4v) is 2.90. The van der Waals surface area contributed by atoms with Gasteiger partial charge in [0.15, 0.2) is 5.78 Å². The average molecular weight is 376 g/mol. The Hall–Kier alpha value is -2.92. The highest BCUT2D eigenvalue weighted by molar-refractivity contribution is 6.14. The van der Waals surface area contributed by atoms with Gasteiger partial charge in [-0.3, -0.25) is 4.79 Å². The standard InChI is InChI=1S/C18H12O.C2H3N.3C2H6/c1-11-6-18(19)17-10-15-8-13-5-3-2-4-12(13)7-14(15)9-16(11)17;1-2-3;3*1-2/h2-5,7-10H,1,6H2;1H3;3*1-2H3. The number of allylic oxidation sites excluding steroid dienone is 1. The van der Waals surface area contributed by atoms with Crippen LogP contribution in [0.4, 0.5) is 0 Å². The highest BCUT2D eigenvalue weighted by Crippen LogP contribution is 2.35. The van der Waals surface area contributed by atoms with Crippen molar-refractivity contribution in [2.24, 2.45) is 0 Å². The first-order valence-electron chi connectivity index (χ1n) is 10.1. The Labute approximate surface area is 170 Å². The zero-order valence-corrected chi connectivity index (χ0v) is 18.4. The number of hydrogen-bond acceptors (Lipinski definition) is 2. The summed E-state index contributed by atoms with van der Waals surface area (Å²) in [6.45, 7) is 17.4. The summed E-state index contributed by atoms with van der Waals surface area (Å²) in [5, 5.41) is 12.1. The molecule has 0 radical (unpaired) electrons. The molecule has 0 N–H and O–H groups in total. The van der Waals surface area contributed by atoms with Crippen molar-refractivity contribution in [2.45, 2.75) is 54.9 Å². The van der Waals surface area contributed by atoms with E-state index in [0.717, 1.165) is 22.1 Å². The summed E-state index contributed by atoms with van der Waals surface area (Å²) in [4.78, 5) is 11.9. The molecular formula is C26H33NO. The minimum Gasteiger partial charge on any atom is -0.294 e. The van der Waals surface area contributed by atoms with Gasteiger partial charge in [0.25, 0.3) is 0 Å². The fourth-order valence-electron chi connectivity index (χ4n) is 2.90. The van der Waals surface area contributed by atoms with Crippen molar-refractivity contribution in [1.82, 2.24) is 0 Å². The quantitative estimate of drug-likeness (QED) is 0.371. The monoisotopic (exact) mass is 375 g/mol. The van der Waals surface area contributed by atoms with E-state index in [2.05, 4.69) is 36.9 Å². The van der Waals surface area contributed by atoms with Crippen LogP contribution in [-0.2, 0) is 0 Å². The lowest BCUT2D eigenvalue weighted by Crippen LogP contribution is -1.91. The molecule has 0 aromatic heterocycles. The zero-order chi connectivity index (χ0) is 21.7. The summed E-state index contributed by atoms with van der Waals surface area (Å²) < 4.78 is 0. The van der Waals surface area contributed by atoms with E-state index in [1.165, 1.54) is 23.1 Å². The third kappa shape index (κ3) is 5.79. The molecule has 0 saturated heterocycles. The predicted molar refractivity (Wildman–Crippen MR) is 125 cm³/mol. The molecule has 0 saturated carbocycles. The summed E-state index contributed by atoms with van der Waals surface area (Å²) in [5.74, 6) is 0.190. The first-order chi connectivity index (χ1) is 13.6. The van der Waals surface area contributed by atoms with Gasteiger partial charge in [-0.25, -0.2) is 0 Å². The van der Waals surface area contributed by atoms with Crippen molar-refractivity contribution in [1.29, 1.82) is 5.26 Å². The smallest absolute Gasteiger partial charge is 0.167 e. The Bertz CT molecular complexity index is 889. The molecule has 3 aromatic carbocycles. The molecule has 28 heavy (non-hydrogen) atoms. The minimum absolute atomic E-state index is 0.190. The molecule has 1 aliphatic carbocycles. The molecule has 3 aromatic rings. The van der Waals surface area contributed by atoms with E-state index in [1.54, 1.807) is 6.07 Å². The van der Waals surface area contributed by atoms with Crippen molar-refractivity contribution >= 4 is 32.9 Å². The number of hydrogen-bond donors (Lipinski definition) is 0. The van der Waals surface area contributed by atoms with Gasteiger partial charge in [0.1, 0.15) is 0 Å². The lowest BCUT2D eigenvalue weighted by Gasteiger charge is -2.05. The van der Waals surface area contributed by atoms with Crippen LogP contribution in [0.2, 0.25) is 0 Å². The van der Waals surface area contributed by atoms with E-state index in [4.69, 9.17) is 5.26 Å². The highest BCUT2D eigenvalue weighted by Gasteiger charge is 2.23. The van der Waals surface area contributed by atoms with Gasteiger partial charge in [-0.15, -0.1) is 0 Å². The Morgan fingerprint density at radius 1 is 0.786 bits per heavy atom. The van der Waals surface area contributed by atoms with Gasteiger partial charge in [0, 0.05) is 18.9 Å². The van der Waals surface area contributed by atoms with E-state index in [9.17, 15) is 4.79 Å². The second-order valence-electron chi connectivity index (χ2n) is 5.37. The topological polar surface area (TPSA) is 40.9 Å². The third-order valence-electron chi connectivity index (χ3n) is 3.90. The van der Waals surface area contributed by atoms with Crippen molar-refractivity contribution in [2.75, 3.05) is 0 Å². The molecule has 2 heteroatoms. The van der Waals surface area contributed by atoms with Gasteiger partial charge < -0.3 is 0 Å². The number of nitriles is 1. The van der Waals surface area contributed by atoms with Gasteiger partial charge in [0.2, 0.25) is 0 Å². The van der Waals surface area contributed by atoms with Gasteiger partial charge in [-0.05, 0) is 56.9 Å². The van der Waals surface area contributed by atoms with Crippen molar-refractivity contribution in [3.63, 3.8) is 0 Å². The number of fused-ring (bicyclic) bond motifs is 3. The zero-order valence-electron chi connectivity index (χ0n) is 18.4. The number of benzene rings is 3. The van der Waals surface area contributed by atoms with Gasteiger partial charge in [-0.2, -0.15) is 5.26 Å². The maximum Gasteiger partial charge on any atom is 0.167 e. The maximum atomic E-state index is 11.9. The molecule has 1 aliphatic rings. The van der Waals surface area contributed by atoms with Crippen molar-refractivity contribution < 1.29 is 4.79 Å². The second-order valence-corrected chi connectivity index (χ2v) is 5.37. The number of carbonyl (C=O) groups is 1. The van der Waals surface area contributed by atoms with Gasteiger partial charge >= 0.3 is 0 Å². The minimum atomic E-state index is 0.190. The number of rotatable bonds is 0. The maximum absolute atomic E-state index is 11.9. The molecule has 0 fully saturated rings. The highest BCUT2D eigenvalue weighted by atomic mass is 16.1. The summed E-state index contributed by atoms with van der Waals surface area (Å²) >= 11 is 0. The van der Waals surface area contributed by atoms with Crippen LogP contribution in [0.5, 0.6) is 0 Å². The van der Waals surface area contributed by atoms with Crippen LogP contribution in [0.1, 0.15) is 70.8 Å². The van der Waals surface area contributed by atoms with Gasteiger partial charge in [-0.1, -0.05) is 72.4 Å². The molecule has 0 heterocycles. The molecule has 0 bridgehead atoms. The summed E-state index contributed by atoms with van der Waals surface area (Å²) in [5.41, 5.74) is 2.79. The molecule has 0 spiro atoms. The molecule has 2 nitrogen and oxygen atoms in total. The van der Waals surface area contributed by atoms with E-state index in [-0.39, 0.29) is 5.78 Å².